The van der Waals surface area contributed by atoms with Gasteiger partial charge in [0.15, 0.2) is 0 Å². The Hall–Kier alpha value is -3.92. The van der Waals surface area contributed by atoms with Gasteiger partial charge in [0.2, 0.25) is 5.91 Å². The van der Waals surface area contributed by atoms with Crippen LogP contribution in [0.25, 0.3) is 10.8 Å². The molecular weight excluding hydrogens is 384 g/mol. The zero-order valence-corrected chi connectivity index (χ0v) is 17.4. The normalized spacial score (nSPS) is 10.6. The molecule has 0 spiro atoms. The van der Waals surface area contributed by atoms with Crippen LogP contribution in [0.3, 0.4) is 0 Å². The summed E-state index contributed by atoms with van der Waals surface area (Å²) in [5, 5.41) is 5.12. The van der Waals surface area contributed by atoms with Crippen molar-refractivity contribution in [3.63, 3.8) is 0 Å². The SMILES string of the molecule is CN(Cc1ccccc1)C(=O)c1cccc(NC(=O)Cc2cccc3ccccc23)c1. The van der Waals surface area contributed by atoms with Crippen LogP contribution in [0.15, 0.2) is 97.1 Å². The van der Waals surface area contributed by atoms with E-state index in [1.54, 1.807) is 36.2 Å². The molecule has 154 valence electrons. The van der Waals surface area contributed by atoms with Crippen molar-refractivity contribution in [3.05, 3.63) is 114 Å². The summed E-state index contributed by atoms with van der Waals surface area (Å²) in [5.41, 5.74) is 3.20. The van der Waals surface area contributed by atoms with Crippen molar-refractivity contribution in [2.75, 3.05) is 12.4 Å². The van der Waals surface area contributed by atoms with E-state index < -0.39 is 0 Å². The largest absolute Gasteiger partial charge is 0.337 e. The average Bonchev–Trinajstić information content (AvgIpc) is 2.79. The monoisotopic (exact) mass is 408 g/mol. The lowest BCUT2D eigenvalue weighted by Gasteiger charge is -2.18. The number of rotatable bonds is 6. The fraction of sp³-hybridized carbons (Fsp3) is 0.111. The van der Waals surface area contributed by atoms with Crippen LogP contribution in [-0.2, 0) is 17.8 Å². The molecule has 0 saturated heterocycles. The lowest BCUT2D eigenvalue weighted by Crippen LogP contribution is -2.26. The summed E-state index contributed by atoms with van der Waals surface area (Å²) >= 11 is 0. The minimum Gasteiger partial charge on any atom is -0.337 e. The number of fused-ring (bicyclic) bond motifs is 1. The smallest absolute Gasteiger partial charge is 0.253 e. The molecule has 0 aliphatic carbocycles. The molecule has 4 rings (SSSR count). The predicted octanol–water partition coefficient (Wildman–Crippen LogP) is 5.29. The number of hydrogen-bond donors (Lipinski definition) is 1. The maximum absolute atomic E-state index is 12.8. The van der Waals surface area contributed by atoms with Gasteiger partial charge in [-0.3, -0.25) is 9.59 Å². The fourth-order valence-corrected chi connectivity index (χ4v) is 3.70. The number of hydrogen-bond acceptors (Lipinski definition) is 2. The van der Waals surface area contributed by atoms with Crippen LogP contribution < -0.4 is 5.32 Å². The molecule has 0 heterocycles. The third-order valence-electron chi connectivity index (χ3n) is 5.23. The molecule has 0 aliphatic rings. The number of nitrogens with one attached hydrogen (secondary N) is 1. The van der Waals surface area contributed by atoms with Crippen LogP contribution in [0.2, 0.25) is 0 Å². The zero-order chi connectivity index (χ0) is 21.6. The van der Waals surface area contributed by atoms with Gasteiger partial charge in [-0.2, -0.15) is 0 Å². The van der Waals surface area contributed by atoms with E-state index in [4.69, 9.17) is 0 Å². The van der Waals surface area contributed by atoms with Crippen LogP contribution in [0.5, 0.6) is 0 Å². The maximum Gasteiger partial charge on any atom is 0.253 e. The predicted molar refractivity (Wildman–Crippen MR) is 125 cm³/mol. The van der Waals surface area contributed by atoms with E-state index in [1.165, 1.54) is 0 Å². The second-order valence-electron chi connectivity index (χ2n) is 7.59. The molecule has 2 amide bonds. The van der Waals surface area contributed by atoms with Crippen LogP contribution in [-0.4, -0.2) is 23.8 Å². The van der Waals surface area contributed by atoms with Crippen LogP contribution in [0, 0.1) is 0 Å². The second-order valence-corrected chi connectivity index (χ2v) is 7.59. The molecule has 0 unspecified atom stereocenters. The Morgan fingerprint density at radius 3 is 2.35 bits per heavy atom. The fourth-order valence-electron chi connectivity index (χ4n) is 3.70. The van der Waals surface area contributed by atoms with Gasteiger partial charge in [0.25, 0.3) is 5.91 Å². The Balaban J connectivity index is 1.44. The van der Waals surface area contributed by atoms with E-state index in [9.17, 15) is 9.59 Å². The number of carbonyl (C=O) groups excluding carboxylic acids is 2. The molecule has 4 heteroatoms. The van der Waals surface area contributed by atoms with E-state index in [2.05, 4.69) is 5.32 Å². The minimum atomic E-state index is -0.112. The highest BCUT2D eigenvalue weighted by molar-refractivity contribution is 5.98. The van der Waals surface area contributed by atoms with Crippen molar-refractivity contribution in [1.82, 2.24) is 4.90 Å². The molecule has 4 nitrogen and oxygen atoms in total. The molecular formula is C27H24N2O2. The summed E-state index contributed by atoms with van der Waals surface area (Å²) in [6.07, 6.45) is 0.271. The van der Waals surface area contributed by atoms with Crippen molar-refractivity contribution >= 4 is 28.3 Å². The molecule has 1 N–H and O–H groups in total. The molecule has 0 bridgehead atoms. The molecule has 31 heavy (non-hydrogen) atoms. The first kappa shape index (κ1) is 20.4. The van der Waals surface area contributed by atoms with E-state index in [1.807, 2.05) is 72.8 Å². The van der Waals surface area contributed by atoms with Crippen molar-refractivity contribution in [2.45, 2.75) is 13.0 Å². The van der Waals surface area contributed by atoms with Gasteiger partial charge >= 0.3 is 0 Å². The summed E-state index contributed by atoms with van der Waals surface area (Å²) < 4.78 is 0. The number of anilines is 1. The number of benzene rings is 4. The lowest BCUT2D eigenvalue weighted by atomic mass is 10.0. The van der Waals surface area contributed by atoms with Crippen molar-refractivity contribution in [1.29, 1.82) is 0 Å². The van der Waals surface area contributed by atoms with Gasteiger partial charge in [0, 0.05) is 24.8 Å². The highest BCUT2D eigenvalue weighted by atomic mass is 16.2. The van der Waals surface area contributed by atoms with E-state index in [-0.39, 0.29) is 18.2 Å². The molecule has 4 aromatic rings. The van der Waals surface area contributed by atoms with Gasteiger partial charge in [-0.1, -0.05) is 78.9 Å². The number of carbonyl (C=O) groups is 2. The van der Waals surface area contributed by atoms with Gasteiger partial charge in [0.1, 0.15) is 0 Å². The van der Waals surface area contributed by atoms with E-state index in [0.717, 1.165) is 21.9 Å². The van der Waals surface area contributed by atoms with Crippen LogP contribution >= 0.6 is 0 Å². The minimum absolute atomic E-state index is 0.0889. The molecule has 0 radical (unpaired) electrons. The number of nitrogens with zero attached hydrogens (tertiary/aromatic N) is 1. The van der Waals surface area contributed by atoms with Gasteiger partial charge in [-0.25, -0.2) is 0 Å². The Morgan fingerprint density at radius 2 is 1.52 bits per heavy atom. The number of amides is 2. The second kappa shape index (κ2) is 9.26. The lowest BCUT2D eigenvalue weighted by molar-refractivity contribution is -0.115. The molecule has 0 aliphatic heterocycles. The standard InChI is InChI=1S/C27H24N2O2/c1-29(19-20-9-3-2-4-10-20)27(31)23-14-8-15-24(17-23)28-26(30)18-22-13-7-12-21-11-5-6-16-25(21)22/h2-17H,18-19H2,1H3,(H,28,30). The molecule has 0 aromatic heterocycles. The van der Waals surface area contributed by atoms with Gasteiger partial charge in [-0.05, 0) is 40.1 Å². The first-order chi connectivity index (χ1) is 15.1. The van der Waals surface area contributed by atoms with E-state index in [0.29, 0.717) is 17.8 Å². The zero-order valence-electron chi connectivity index (χ0n) is 17.4. The topological polar surface area (TPSA) is 49.4 Å². The first-order valence-electron chi connectivity index (χ1n) is 10.3. The quantitative estimate of drug-likeness (QED) is 0.471. The summed E-state index contributed by atoms with van der Waals surface area (Å²) in [6.45, 7) is 0.525. The van der Waals surface area contributed by atoms with Crippen LogP contribution in [0.4, 0.5) is 5.69 Å². The Morgan fingerprint density at radius 1 is 0.806 bits per heavy atom. The summed E-state index contributed by atoms with van der Waals surface area (Å²) in [7, 11) is 1.78. The highest BCUT2D eigenvalue weighted by Gasteiger charge is 2.14. The van der Waals surface area contributed by atoms with E-state index >= 15 is 0 Å². The third kappa shape index (κ3) is 4.98. The van der Waals surface area contributed by atoms with Gasteiger partial charge in [-0.15, -0.1) is 0 Å². The maximum atomic E-state index is 12.8. The summed E-state index contributed by atoms with van der Waals surface area (Å²) in [4.78, 5) is 27.2. The van der Waals surface area contributed by atoms with Crippen molar-refractivity contribution in [2.24, 2.45) is 0 Å². The van der Waals surface area contributed by atoms with Crippen molar-refractivity contribution in [3.8, 4) is 0 Å². The summed E-state index contributed by atoms with van der Waals surface area (Å²) in [5.74, 6) is -0.201. The molecule has 0 saturated carbocycles. The Labute approximate surface area is 182 Å². The van der Waals surface area contributed by atoms with Gasteiger partial charge in [0.05, 0.1) is 6.42 Å². The first-order valence-corrected chi connectivity index (χ1v) is 10.3. The molecule has 0 fully saturated rings. The Bertz CT molecular complexity index is 1210. The van der Waals surface area contributed by atoms with Crippen molar-refractivity contribution < 1.29 is 9.59 Å². The van der Waals surface area contributed by atoms with Gasteiger partial charge < -0.3 is 10.2 Å². The molecule has 4 aromatic carbocycles. The van der Waals surface area contributed by atoms with Crippen LogP contribution in [0.1, 0.15) is 21.5 Å². The highest BCUT2D eigenvalue weighted by Crippen LogP contribution is 2.20. The summed E-state index contributed by atoms with van der Waals surface area (Å²) in [6, 6.07) is 31.0. The average molecular weight is 409 g/mol. The third-order valence-corrected chi connectivity index (χ3v) is 5.23. The Kier molecular flexibility index (Phi) is 6.08. The molecule has 0 atom stereocenters.